The first-order valence-electron chi connectivity index (χ1n) is 7.12. The number of methoxy groups -OCH3 is 1. The number of esters is 1. The van der Waals surface area contributed by atoms with E-state index in [-0.39, 0.29) is 12.0 Å². The van der Waals surface area contributed by atoms with Gasteiger partial charge in [-0.05, 0) is 49.1 Å². The van der Waals surface area contributed by atoms with Crippen molar-refractivity contribution in [3.63, 3.8) is 0 Å². The molecule has 0 unspecified atom stereocenters. The Balaban J connectivity index is 1.98. The van der Waals surface area contributed by atoms with Crippen LogP contribution in [0.4, 0.5) is 0 Å². The summed E-state index contributed by atoms with van der Waals surface area (Å²) in [6.45, 7) is 2.89. The van der Waals surface area contributed by atoms with Crippen molar-refractivity contribution < 1.29 is 14.3 Å². The lowest BCUT2D eigenvalue weighted by molar-refractivity contribution is -0.141. The van der Waals surface area contributed by atoms with Crippen LogP contribution in [0.15, 0.2) is 29.3 Å². The molecule has 1 aliphatic rings. The molecule has 0 N–H and O–H groups in total. The summed E-state index contributed by atoms with van der Waals surface area (Å²) in [7, 11) is 1.40. The summed E-state index contributed by atoms with van der Waals surface area (Å²) in [6, 6.07) is 7.58. The second-order valence-electron chi connectivity index (χ2n) is 4.88. The molecule has 0 aliphatic carbocycles. The molecule has 108 valence electrons. The molecule has 0 spiro atoms. The van der Waals surface area contributed by atoms with Gasteiger partial charge in [0.1, 0.15) is 11.8 Å². The number of rotatable bonds is 6. The van der Waals surface area contributed by atoms with Gasteiger partial charge in [0.2, 0.25) is 0 Å². The van der Waals surface area contributed by atoms with E-state index in [2.05, 4.69) is 11.9 Å². The monoisotopic (exact) mass is 275 g/mol. The summed E-state index contributed by atoms with van der Waals surface area (Å²) in [5, 5.41) is 0. The van der Waals surface area contributed by atoms with Crippen LogP contribution in [0.25, 0.3) is 0 Å². The van der Waals surface area contributed by atoms with Crippen LogP contribution in [0.1, 0.15) is 38.2 Å². The minimum Gasteiger partial charge on any atom is -0.494 e. The number of unbranched alkanes of at least 4 members (excludes halogenated alkanes) is 1. The van der Waals surface area contributed by atoms with E-state index in [9.17, 15) is 4.79 Å². The lowest BCUT2D eigenvalue weighted by Crippen LogP contribution is -2.16. The van der Waals surface area contributed by atoms with Gasteiger partial charge in [-0.25, -0.2) is 4.79 Å². The first-order valence-corrected chi connectivity index (χ1v) is 7.12. The van der Waals surface area contributed by atoms with Gasteiger partial charge in [0.25, 0.3) is 0 Å². The topological polar surface area (TPSA) is 47.9 Å². The number of carbonyl (C=O) groups is 1. The van der Waals surface area contributed by atoms with E-state index >= 15 is 0 Å². The first-order chi connectivity index (χ1) is 9.74. The van der Waals surface area contributed by atoms with Crippen molar-refractivity contribution in [2.24, 2.45) is 4.99 Å². The molecule has 20 heavy (non-hydrogen) atoms. The molecule has 0 amide bonds. The highest BCUT2D eigenvalue weighted by atomic mass is 16.5. The highest BCUT2D eigenvalue weighted by Crippen LogP contribution is 2.21. The Kier molecular flexibility index (Phi) is 5.16. The molecule has 0 fully saturated rings. The summed E-state index contributed by atoms with van der Waals surface area (Å²) in [4.78, 5) is 15.9. The molecule has 4 nitrogen and oxygen atoms in total. The van der Waals surface area contributed by atoms with Crippen molar-refractivity contribution in [2.75, 3.05) is 13.7 Å². The van der Waals surface area contributed by atoms with E-state index in [1.807, 2.05) is 24.3 Å². The van der Waals surface area contributed by atoms with Gasteiger partial charge in [-0.2, -0.15) is 0 Å². The Morgan fingerprint density at radius 1 is 1.35 bits per heavy atom. The van der Waals surface area contributed by atoms with Gasteiger partial charge in [0, 0.05) is 5.71 Å². The normalized spacial score (nSPS) is 17.7. The van der Waals surface area contributed by atoms with E-state index < -0.39 is 0 Å². The molecule has 1 aliphatic heterocycles. The molecule has 0 saturated heterocycles. The Bertz CT molecular complexity index is 479. The fourth-order valence-electron chi connectivity index (χ4n) is 2.19. The SMILES string of the molecule is CCCCOc1ccc(C2=N[C@H](C(=O)OC)CC2)cc1. The Morgan fingerprint density at radius 3 is 2.75 bits per heavy atom. The first kappa shape index (κ1) is 14.6. The smallest absolute Gasteiger partial charge is 0.330 e. The zero-order chi connectivity index (χ0) is 14.4. The minimum absolute atomic E-state index is 0.250. The molecule has 1 atom stereocenters. The summed E-state index contributed by atoms with van der Waals surface area (Å²) in [6.07, 6.45) is 3.74. The highest BCUT2D eigenvalue weighted by molar-refractivity contribution is 6.03. The summed E-state index contributed by atoms with van der Waals surface area (Å²) in [5.74, 6) is 0.629. The zero-order valence-electron chi connectivity index (χ0n) is 12.1. The van der Waals surface area contributed by atoms with Gasteiger partial charge in [-0.3, -0.25) is 4.99 Å². The van der Waals surface area contributed by atoms with Gasteiger partial charge >= 0.3 is 5.97 Å². The number of aliphatic imine (C=N–C) groups is 1. The average molecular weight is 275 g/mol. The van der Waals surface area contributed by atoms with Crippen molar-refractivity contribution >= 4 is 11.7 Å². The third kappa shape index (κ3) is 3.59. The van der Waals surface area contributed by atoms with E-state index in [0.29, 0.717) is 0 Å². The number of ether oxygens (including phenoxy) is 2. The van der Waals surface area contributed by atoms with Crippen molar-refractivity contribution in [2.45, 2.75) is 38.6 Å². The quantitative estimate of drug-likeness (QED) is 0.592. The zero-order valence-corrected chi connectivity index (χ0v) is 12.1. The number of hydrogen-bond donors (Lipinski definition) is 0. The maximum atomic E-state index is 11.4. The van der Waals surface area contributed by atoms with Crippen molar-refractivity contribution in [1.29, 1.82) is 0 Å². The summed E-state index contributed by atoms with van der Waals surface area (Å²) in [5.41, 5.74) is 2.03. The standard InChI is InChI=1S/C16H21NO3/c1-3-4-11-20-13-7-5-12(6-8-13)14-9-10-15(17-14)16(18)19-2/h5-8,15H,3-4,9-11H2,1-2H3/t15-/m0/s1. The minimum atomic E-state index is -0.338. The maximum Gasteiger partial charge on any atom is 0.330 e. The van der Waals surface area contributed by atoms with Crippen molar-refractivity contribution in [3.05, 3.63) is 29.8 Å². The summed E-state index contributed by atoms with van der Waals surface area (Å²) < 4.78 is 10.4. The Hall–Kier alpha value is -1.84. The van der Waals surface area contributed by atoms with Crippen LogP contribution in [0.3, 0.4) is 0 Å². The van der Waals surface area contributed by atoms with Crippen LogP contribution in [0, 0.1) is 0 Å². The maximum absolute atomic E-state index is 11.4. The van der Waals surface area contributed by atoms with Crippen LogP contribution < -0.4 is 4.74 Å². The molecule has 1 aromatic carbocycles. The van der Waals surface area contributed by atoms with Gasteiger partial charge in [-0.15, -0.1) is 0 Å². The number of benzene rings is 1. The molecule has 0 radical (unpaired) electrons. The second kappa shape index (κ2) is 7.08. The number of nitrogens with zero attached hydrogens (tertiary/aromatic N) is 1. The van der Waals surface area contributed by atoms with E-state index in [0.717, 1.165) is 49.3 Å². The molecule has 0 bridgehead atoms. The van der Waals surface area contributed by atoms with Crippen LogP contribution in [0.5, 0.6) is 5.75 Å². The van der Waals surface area contributed by atoms with E-state index in [1.165, 1.54) is 7.11 Å². The van der Waals surface area contributed by atoms with Crippen LogP contribution in [0.2, 0.25) is 0 Å². The predicted octanol–water partition coefficient (Wildman–Crippen LogP) is 2.99. The largest absolute Gasteiger partial charge is 0.494 e. The fraction of sp³-hybridized carbons (Fsp3) is 0.500. The molecule has 1 aromatic rings. The number of hydrogen-bond acceptors (Lipinski definition) is 4. The molecule has 0 saturated carbocycles. The van der Waals surface area contributed by atoms with Crippen molar-refractivity contribution in [1.82, 2.24) is 0 Å². The van der Waals surface area contributed by atoms with Gasteiger partial charge in [-0.1, -0.05) is 13.3 Å². The fourth-order valence-corrected chi connectivity index (χ4v) is 2.19. The molecular formula is C16H21NO3. The summed E-state index contributed by atoms with van der Waals surface area (Å²) >= 11 is 0. The van der Waals surface area contributed by atoms with Gasteiger partial charge in [0.15, 0.2) is 0 Å². The average Bonchev–Trinajstić information content (AvgIpc) is 2.97. The third-order valence-corrected chi connectivity index (χ3v) is 3.39. The van der Waals surface area contributed by atoms with E-state index in [4.69, 9.17) is 9.47 Å². The highest BCUT2D eigenvalue weighted by Gasteiger charge is 2.25. The van der Waals surface area contributed by atoms with Gasteiger partial charge in [0.05, 0.1) is 13.7 Å². The van der Waals surface area contributed by atoms with Crippen LogP contribution in [-0.2, 0) is 9.53 Å². The molecular weight excluding hydrogens is 254 g/mol. The van der Waals surface area contributed by atoms with Crippen LogP contribution in [-0.4, -0.2) is 31.4 Å². The molecule has 4 heteroatoms. The van der Waals surface area contributed by atoms with E-state index in [1.54, 1.807) is 0 Å². The van der Waals surface area contributed by atoms with Crippen LogP contribution >= 0.6 is 0 Å². The lowest BCUT2D eigenvalue weighted by Gasteiger charge is -2.06. The lowest BCUT2D eigenvalue weighted by atomic mass is 10.1. The molecule has 2 rings (SSSR count). The Labute approximate surface area is 119 Å². The third-order valence-electron chi connectivity index (χ3n) is 3.39. The molecule has 1 heterocycles. The Morgan fingerprint density at radius 2 is 2.10 bits per heavy atom. The predicted molar refractivity (Wildman–Crippen MR) is 78.4 cm³/mol. The van der Waals surface area contributed by atoms with Gasteiger partial charge < -0.3 is 9.47 Å². The number of carbonyl (C=O) groups excluding carboxylic acids is 1. The molecule has 0 aromatic heterocycles. The second-order valence-corrected chi connectivity index (χ2v) is 4.88. The van der Waals surface area contributed by atoms with Crippen molar-refractivity contribution in [3.8, 4) is 5.75 Å².